The Balaban J connectivity index is 2.12. The molecule has 1 heterocycles. The molecule has 0 aromatic heterocycles. The molecule has 3 N–H and O–H groups in total. The number of hydrogen-bond acceptors (Lipinski definition) is 3. The van der Waals surface area contributed by atoms with E-state index in [1.54, 1.807) is 18.2 Å². The summed E-state index contributed by atoms with van der Waals surface area (Å²) in [7, 11) is 0. The van der Waals surface area contributed by atoms with Crippen LogP contribution in [0.15, 0.2) is 24.3 Å². The van der Waals surface area contributed by atoms with E-state index < -0.39 is 24.4 Å². The second kappa shape index (κ2) is 4.74. The van der Waals surface area contributed by atoms with Gasteiger partial charge in [0, 0.05) is 5.56 Å². The Hall–Kier alpha value is -1.34. The number of nitrogens with one attached hydrogen (secondary N) is 2. The molecule has 0 saturated carbocycles. The zero-order valence-corrected chi connectivity index (χ0v) is 9.21. The Kier molecular flexibility index (Phi) is 3.45. The third-order valence-corrected chi connectivity index (χ3v) is 2.97. The van der Waals surface area contributed by atoms with Crippen molar-refractivity contribution in [2.75, 3.05) is 0 Å². The van der Waals surface area contributed by atoms with Gasteiger partial charge in [0.25, 0.3) is 0 Å². The summed E-state index contributed by atoms with van der Waals surface area (Å²) >= 11 is 0. The van der Waals surface area contributed by atoms with Crippen molar-refractivity contribution in [2.45, 2.75) is 30.9 Å². The van der Waals surface area contributed by atoms with Crippen LogP contribution in [-0.2, 0) is 0 Å². The smallest absolute Gasteiger partial charge is 0.323 e. The van der Waals surface area contributed by atoms with Gasteiger partial charge < -0.3 is 5.11 Å². The number of phenolic OH excluding ortho intramolecular Hbond substituents is 1. The summed E-state index contributed by atoms with van der Waals surface area (Å²) in [4.78, 5) is 0. The summed E-state index contributed by atoms with van der Waals surface area (Å²) in [5.41, 5.74) is 5.06. The molecule has 2 unspecified atom stereocenters. The van der Waals surface area contributed by atoms with Crippen molar-refractivity contribution in [1.29, 1.82) is 0 Å². The monoisotopic (exact) mass is 264 g/mol. The van der Waals surface area contributed by atoms with E-state index in [1.165, 1.54) is 6.07 Å². The molecule has 1 saturated heterocycles. The Bertz CT molecular complexity index is 427. The van der Waals surface area contributed by atoms with E-state index in [0.29, 0.717) is 5.56 Å². The molecule has 1 aliphatic heterocycles. The summed E-state index contributed by atoms with van der Waals surface area (Å²) in [6.07, 6.45) is -3.95. The molecular weight excluding hydrogens is 252 g/mol. The van der Waals surface area contributed by atoms with Crippen LogP contribution in [0.5, 0.6) is 5.75 Å². The molecule has 1 aromatic carbocycles. The maximum absolute atomic E-state index is 13.1. The first kappa shape index (κ1) is 13.1. The molecule has 1 fully saturated rings. The van der Waals surface area contributed by atoms with Gasteiger partial charge in [-0.05, 0) is 12.5 Å². The highest BCUT2D eigenvalue weighted by molar-refractivity contribution is 5.35. The maximum atomic E-state index is 13.1. The van der Waals surface area contributed by atoms with Crippen molar-refractivity contribution >= 4 is 0 Å². The van der Waals surface area contributed by atoms with Crippen molar-refractivity contribution in [3.63, 3.8) is 0 Å². The number of alkyl halides is 4. The van der Waals surface area contributed by atoms with E-state index in [9.17, 15) is 22.7 Å². The Morgan fingerprint density at radius 3 is 2.50 bits per heavy atom. The summed E-state index contributed by atoms with van der Waals surface area (Å²) in [5, 5.41) is 9.57. The summed E-state index contributed by atoms with van der Waals surface area (Å²) in [6.45, 7) is 0. The van der Waals surface area contributed by atoms with E-state index in [4.69, 9.17) is 0 Å². The van der Waals surface area contributed by atoms with Crippen LogP contribution >= 0.6 is 0 Å². The van der Waals surface area contributed by atoms with Crippen LogP contribution in [0.3, 0.4) is 0 Å². The molecule has 2 atom stereocenters. The first-order valence-electron chi connectivity index (χ1n) is 5.38. The summed E-state index contributed by atoms with van der Waals surface area (Å²) < 4.78 is 50.7. The highest BCUT2D eigenvalue weighted by atomic mass is 19.3. The first-order valence-corrected chi connectivity index (χ1v) is 5.38. The molecule has 0 radical (unpaired) electrons. The fourth-order valence-corrected chi connectivity index (χ4v) is 1.95. The van der Waals surface area contributed by atoms with Crippen LogP contribution in [0.4, 0.5) is 17.6 Å². The highest BCUT2D eigenvalue weighted by Crippen LogP contribution is 2.36. The lowest BCUT2D eigenvalue weighted by atomic mass is 9.98. The van der Waals surface area contributed by atoms with Gasteiger partial charge in [0.05, 0.1) is 12.1 Å². The Morgan fingerprint density at radius 1 is 1.22 bits per heavy atom. The summed E-state index contributed by atoms with van der Waals surface area (Å²) in [5.74, 6) is -4.16. The van der Waals surface area contributed by atoms with Gasteiger partial charge in [0.1, 0.15) is 5.75 Å². The average Bonchev–Trinajstić information content (AvgIpc) is 2.79. The SMILES string of the molecule is Oc1ccccc1C1CC(C(F)(F)C(F)F)NN1. The minimum atomic E-state index is -4.11. The fraction of sp³-hybridized carbons (Fsp3) is 0.455. The van der Waals surface area contributed by atoms with Crippen molar-refractivity contribution < 1.29 is 22.7 Å². The molecule has 0 amide bonds. The van der Waals surface area contributed by atoms with E-state index in [-0.39, 0.29) is 12.2 Å². The molecule has 1 aliphatic rings. The van der Waals surface area contributed by atoms with E-state index in [1.807, 2.05) is 0 Å². The summed E-state index contributed by atoms with van der Waals surface area (Å²) in [6, 6.07) is 3.90. The lowest BCUT2D eigenvalue weighted by Crippen LogP contribution is -2.48. The van der Waals surface area contributed by atoms with Gasteiger partial charge >= 0.3 is 12.3 Å². The van der Waals surface area contributed by atoms with Gasteiger partial charge in [-0.15, -0.1) is 0 Å². The van der Waals surface area contributed by atoms with Crippen LogP contribution in [0, 0.1) is 0 Å². The molecule has 18 heavy (non-hydrogen) atoms. The Morgan fingerprint density at radius 2 is 1.89 bits per heavy atom. The number of hydrazine groups is 1. The molecule has 7 heteroatoms. The second-order valence-electron chi connectivity index (χ2n) is 4.16. The van der Waals surface area contributed by atoms with Crippen LogP contribution in [0.1, 0.15) is 18.0 Å². The number of benzene rings is 1. The van der Waals surface area contributed by atoms with Crippen LogP contribution in [-0.4, -0.2) is 23.5 Å². The molecule has 1 aromatic rings. The predicted octanol–water partition coefficient (Wildman–Crippen LogP) is 2.20. The zero-order chi connectivity index (χ0) is 13.3. The largest absolute Gasteiger partial charge is 0.508 e. The molecule has 0 bridgehead atoms. The minimum Gasteiger partial charge on any atom is -0.508 e. The van der Waals surface area contributed by atoms with Gasteiger partial charge in [-0.3, -0.25) is 0 Å². The highest BCUT2D eigenvalue weighted by Gasteiger charge is 2.51. The van der Waals surface area contributed by atoms with Crippen LogP contribution < -0.4 is 10.9 Å². The second-order valence-corrected chi connectivity index (χ2v) is 4.16. The number of hydrogen-bond donors (Lipinski definition) is 3. The third-order valence-electron chi connectivity index (χ3n) is 2.97. The average molecular weight is 264 g/mol. The van der Waals surface area contributed by atoms with E-state index in [0.717, 1.165) is 0 Å². The van der Waals surface area contributed by atoms with E-state index >= 15 is 0 Å². The van der Waals surface area contributed by atoms with Gasteiger partial charge in [0.15, 0.2) is 0 Å². The minimum absolute atomic E-state index is 0.0576. The topological polar surface area (TPSA) is 44.3 Å². The van der Waals surface area contributed by atoms with Crippen molar-refractivity contribution in [1.82, 2.24) is 10.9 Å². The molecule has 100 valence electrons. The van der Waals surface area contributed by atoms with Gasteiger partial charge in [-0.1, -0.05) is 18.2 Å². The lowest BCUT2D eigenvalue weighted by molar-refractivity contribution is -0.147. The zero-order valence-electron chi connectivity index (χ0n) is 9.21. The van der Waals surface area contributed by atoms with Gasteiger partial charge in [0.2, 0.25) is 0 Å². The predicted molar refractivity (Wildman–Crippen MR) is 56.5 cm³/mol. The van der Waals surface area contributed by atoms with E-state index in [2.05, 4.69) is 10.9 Å². The standard InChI is InChI=1S/C11H12F4N2O/c12-10(13)11(14,15)9-5-7(16-17-9)6-3-1-2-4-8(6)18/h1-4,7,9-10,16-18H,5H2. The normalized spacial score (nSPS) is 24.7. The number of aromatic hydroxyl groups is 1. The van der Waals surface area contributed by atoms with Crippen LogP contribution in [0.25, 0.3) is 0 Å². The fourth-order valence-electron chi connectivity index (χ4n) is 1.95. The number of halogens is 4. The van der Waals surface area contributed by atoms with Gasteiger partial charge in [-0.2, -0.15) is 8.78 Å². The van der Waals surface area contributed by atoms with Gasteiger partial charge in [-0.25, -0.2) is 19.6 Å². The molecule has 3 nitrogen and oxygen atoms in total. The quantitative estimate of drug-likeness (QED) is 0.733. The molecular formula is C11H12F4N2O. The van der Waals surface area contributed by atoms with Crippen molar-refractivity contribution in [3.8, 4) is 5.75 Å². The first-order chi connectivity index (χ1) is 8.43. The maximum Gasteiger partial charge on any atom is 0.323 e. The molecule has 0 aliphatic carbocycles. The molecule has 2 rings (SSSR count). The molecule has 0 spiro atoms. The number of phenols is 1. The number of rotatable bonds is 3. The Labute approximate surface area is 101 Å². The van der Waals surface area contributed by atoms with Crippen molar-refractivity contribution in [2.24, 2.45) is 0 Å². The lowest BCUT2D eigenvalue weighted by Gasteiger charge is -2.21. The third kappa shape index (κ3) is 2.28. The number of para-hydroxylation sites is 1. The van der Waals surface area contributed by atoms with Crippen molar-refractivity contribution in [3.05, 3.63) is 29.8 Å². The van der Waals surface area contributed by atoms with Crippen LogP contribution in [0.2, 0.25) is 0 Å².